The Morgan fingerprint density at radius 2 is 1.00 bits per heavy atom. The third kappa shape index (κ3) is 78.3. The Morgan fingerprint density at radius 1 is 0.765 bits per heavy atom. The van der Waals surface area contributed by atoms with Crippen LogP contribution in [0.5, 0.6) is 0 Å². The molecule has 1 aromatic carbocycles. The molecular formula is C14H29OWY-3. The van der Waals surface area contributed by atoms with Crippen LogP contribution in [0.1, 0.15) is 41.5 Å². The van der Waals surface area contributed by atoms with Crippen molar-refractivity contribution in [2.75, 3.05) is 0 Å². The maximum atomic E-state index is 6.75. The van der Waals surface area contributed by atoms with Gasteiger partial charge in [0.05, 0.1) is 0 Å². The molecule has 1 nitrogen and oxygen atoms in total. The number of hydrogen-bond donors (Lipinski definition) is 1. The second-order valence-electron chi connectivity index (χ2n) is 1.08. The molecule has 3 heteroatoms. The smallest absolute Gasteiger partial charge is 0 e. The Kier molecular flexibility index (Phi) is 225. The summed E-state index contributed by atoms with van der Waals surface area (Å²) in [6.45, 7) is 12.0. The topological polar surface area (TPSA) is 20.2 Å². The molecule has 103 valence electrons. The van der Waals surface area contributed by atoms with Gasteiger partial charge in [0.2, 0.25) is 0 Å². The molecule has 0 bridgehead atoms. The summed E-state index contributed by atoms with van der Waals surface area (Å²) in [5.41, 5.74) is 0. The summed E-state index contributed by atoms with van der Waals surface area (Å²) in [6, 6.07) is 12.5. The summed E-state index contributed by atoms with van der Waals surface area (Å²) < 4.78 is 0. The first kappa shape index (κ1) is 43.0. The van der Waals surface area contributed by atoms with E-state index in [-0.39, 0.29) is 61.2 Å². The van der Waals surface area contributed by atoms with Crippen molar-refractivity contribution in [2.45, 2.75) is 41.5 Å². The molecule has 0 saturated heterocycles. The van der Waals surface area contributed by atoms with Crippen molar-refractivity contribution in [3.8, 4) is 0 Å². The zero-order valence-corrected chi connectivity index (χ0v) is 18.3. The van der Waals surface area contributed by atoms with E-state index in [1.54, 1.807) is 0 Å². The van der Waals surface area contributed by atoms with E-state index < -0.39 is 0 Å². The van der Waals surface area contributed by atoms with Crippen LogP contribution in [0, 0.1) is 20.6 Å². The van der Waals surface area contributed by atoms with E-state index in [9.17, 15) is 0 Å². The molecule has 17 heavy (non-hydrogen) atoms. The predicted octanol–water partition coefficient (Wildman–Crippen LogP) is 5.16. The summed E-state index contributed by atoms with van der Waals surface area (Å²) in [4.78, 5) is 0. The van der Waals surface area contributed by atoms with Gasteiger partial charge in [-0.2, -0.15) is 36.4 Å². The molecule has 0 aromatic heterocycles. The van der Waals surface area contributed by atoms with Gasteiger partial charge in [0, 0.05) is 53.8 Å². The fourth-order valence-corrected chi connectivity index (χ4v) is 0.342. The van der Waals surface area contributed by atoms with Crippen LogP contribution in [0.25, 0.3) is 0 Å². The van der Waals surface area contributed by atoms with Crippen LogP contribution < -0.4 is 0 Å². The molecule has 0 aliphatic rings. The van der Waals surface area contributed by atoms with Crippen molar-refractivity contribution in [3.63, 3.8) is 0 Å². The van der Waals surface area contributed by atoms with E-state index >= 15 is 0 Å². The van der Waals surface area contributed by atoms with Crippen molar-refractivity contribution in [1.82, 2.24) is 0 Å². The fourth-order valence-electron chi connectivity index (χ4n) is 0.342. The fraction of sp³-hybridized carbons (Fsp3) is 0.429. The zero-order valence-electron chi connectivity index (χ0n) is 12.5. The molecule has 0 aliphatic carbocycles. The average Bonchev–Trinajstić information content (AvgIpc) is 2.41. The van der Waals surface area contributed by atoms with Crippen molar-refractivity contribution in [1.29, 1.82) is 0 Å². The maximum Gasteiger partial charge on any atom is 0 e. The van der Waals surface area contributed by atoms with Crippen LogP contribution in [0.3, 0.4) is 0 Å². The third-order valence-corrected chi connectivity index (χ3v) is 0.607. The summed E-state index contributed by atoms with van der Waals surface area (Å²) in [7, 11) is 2.25. The van der Waals surface area contributed by atoms with Gasteiger partial charge >= 0.3 is 0 Å². The minimum absolute atomic E-state index is 0. The molecular weight excluding hydrogens is 457 g/mol. The molecule has 0 heterocycles. The van der Waals surface area contributed by atoms with E-state index in [0.717, 1.165) is 0 Å². The van der Waals surface area contributed by atoms with Gasteiger partial charge in [0.25, 0.3) is 0 Å². The number of rotatable bonds is 0. The minimum atomic E-state index is 0. The van der Waals surface area contributed by atoms with Gasteiger partial charge < -0.3 is 12.5 Å². The van der Waals surface area contributed by atoms with Crippen molar-refractivity contribution < 1.29 is 58.9 Å². The molecule has 1 rings (SSSR count). The summed E-state index contributed by atoms with van der Waals surface area (Å²) in [6.07, 6.45) is 0. The quantitative estimate of drug-likeness (QED) is 0.503. The normalized spacial score (nSPS) is 4.24. The van der Waals surface area contributed by atoms with Gasteiger partial charge in [-0.25, -0.2) is 7.11 Å². The van der Waals surface area contributed by atoms with Gasteiger partial charge in [0.1, 0.15) is 0 Å². The van der Waals surface area contributed by atoms with E-state index in [0.29, 0.717) is 0 Å². The second-order valence-corrected chi connectivity index (χ2v) is 1.08. The molecule has 0 unspecified atom stereocenters. The van der Waals surface area contributed by atoms with E-state index in [1.807, 2.05) is 71.9 Å². The predicted molar refractivity (Wildman–Crippen MR) is 73.0 cm³/mol. The summed E-state index contributed by atoms with van der Waals surface area (Å²) in [5.74, 6) is 0. The molecule has 1 N–H and O–H groups in total. The Morgan fingerprint density at radius 3 is 1.06 bits per heavy atom. The van der Waals surface area contributed by atoms with E-state index in [2.05, 4.69) is 13.2 Å². The van der Waals surface area contributed by atoms with Gasteiger partial charge in [-0.05, 0) is 0 Å². The molecule has 0 aliphatic heterocycles. The van der Waals surface area contributed by atoms with Crippen LogP contribution in [0.2, 0.25) is 0 Å². The Balaban J connectivity index is -0.0000000162. The van der Waals surface area contributed by atoms with Gasteiger partial charge in [-0.1, -0.05) is 41.5 Å². The van der Waals surface area contributed by atoms with Crippen molar-refractivity contribution in [3.05, 3.63) is 50.9 Å². The first-order chi connectivity index (χ1) is 7.00. The standard InChI is InChI=1S/C6H5.3C2H6.CH3O.CH3.W.Y/c1-2-4-6-5-3-1;4*1-2;;;/h1-5H;3*1-2H3;2H,1H2;1H3;;/q-1;;;;2*-1;;. The Labute approximate surface area is 150 Å². The van der Waals surface area contributed by atoms with Crippen LogP contribution in [-0.2, 0) is 53.8 Å². The SMILES string of the molecule is CC.CC.CC.[CH2-]O.[CH3-].[W].[Y].[c-]1ccccc1. The summed E-state index contributed by atoms with van der Waals surface area (Å²) >= 11 is 0. The van der Waals surface area contributed by atoms with Crippen molar-refractivity contribution >= 4 is 0 Å². The molecule has 0 amide bonds. The molecule has 1 aromatic rings. The molecule has 0 fully saturated rings. The maximum absolute atomic E-state index is 6.75. The Bertz CT molecular complexity index is 88.1. The second kappa shape index (κ2) is 89.1. The van der Waals surface area contributed by atoms with Crippen LogP contribution >= 0.6 is 0 Å². The zero-order chi connectivity index (χ0) is 12.2. The van der Waals surface area contributed by atoms with Crippen LogP contribution in [-0.4, -0.2) is 5.11 Å². The number of aliphatic hydroxyl groups excluding tert-OH is 1. The van der Waals surface area contributed by atoms with Gasteiger partial charge in [-0.3, -0.25) is 0 Å². The number of hydrogen-bond acceptors (Lipinski definition) is 1. The van der Waals surface area contributed by atoms with Gasteiger partial charge in [0.15, 0.2) is 0 Å². The van der Waals surface area contributed by atoms with E-state index in [4.69, 9.17) is 5.11 Å². The van der Waals surface area contributed by atoms with Gasteiger partial charge in [-0.15, -0.1) is 0 Å². The first-order valence-electron chi connectivity index (χ1n) is 5.23. The monoisotopic (exact) mass is 486 g/mol. The summed E-state index contributed by atoms with van der Waals surface area (Å²) in [5, 5.41) is 6.75. The van der Waals surface area contributed by atoms with Crippen LogP contribution in [0.4, 0.5) is 0 Å². The molecule has 0 saturated carbocycles. The van der Waals surface area contributed by atoms with Crippen molar-refractivity contribution in [2.24, 2.45) is 0 Å². The minimum Gasteiger partial charge on any atom is -0.569 e. The first-order valence-corrected chi connectivity index (χ1v) is 5.23. The Hall–Kier alpha value is 0.972. The number of aliphatic hydroxyl groups is 1. The number of benzene rings is 1. The molecule has 0 atom stereocenters. The molecule has 1 radical (unpaired) electrons. The average molecular weight is 486 g/mol. The van der Waals surface area contributed by atoms with E-state index in [1.165, 1.54) is 0 Å². The third-order valence-electron chi connectivity index (χ3n) is 0.607. The van der Waals surface area contributed by atoms with Crippen LogP contribution in [0.15, 0.2) is 30.3 Å². The molecule has 0 spiro atoms. The largest absolute Gasteiger partial charge is 0.569 e.